The zero-order chi connectivity index (χ0) is 17.2. The van der Waals surface area contributed by atoms with E-state index in [4.69, 9.17) is 5.10 Å². The lowest BCUT2D eigenvalue weighted by atomic mass is 9.95. The topological polar surface area (TPSA) is 37.2 Å². The van der Waals surface area contributed by atoms with Crippen molar-refractivity contribution < 1.29 is 0 Å². The number of piperidine rings is 1. The predicted octanol–water partition coefficient (Wildman–Crippen LogP) is 3.35. The second-order valence-electron chi connectivity index (χ2n) is 8.42. The van der Waals surface area contributed by atoms with Crippen LogP contribution in [0.4, 0.5) is 0 Å². The third-order valence-electron chi connectivity index (χ3n) is 5.98. The Hall–Kier alpha value is -1.20. The molecule has 25 heavy (non-hydrogen) atoms. The van der Waals surface area contributed by atoms with Crippen LogP contribution < -0.4 is 0 Å². The van der Waals surface area contributed by atoms with E-state index in [1.807, 2.05) is 0 Å². The van der Waals surface area contributed by atoms with Crippen LogP contribution in [0.1, 0.15) is 76.0 Å². The smallest absolute Gasteiger partial charge is 0.147 e. The molecule has 3 heterocycles. The van der Waals surface area contributed by atoms with Gasteiger partial charge in [-0.1, -0.05) is 11.6 Å². The highest BCUT2D eigenvalue weighted by molar-refractivity contribution is 5.09. The average Bonchev–Trinajstić information content (AvgIpc) is 3.15. The molecule has 2 saturated heterocycles. The second-order valence-corrected chi connectivity index (χ2v) is 8.42. The van der Waals surface area contributed by atoms with Crippen LogP contribution in [0.2, 0.25) is 0 Å². The van der Waals surface area contributed by atoms with Crippen LogP contribution in [0.5, 0.6) is 0 Å². The summed E-state index contributed by atoms with van der Waals surface area (Å²) in [7, 11) is 0. The summed E-state index contributed by atoms with van der Waals surface area (Å²) in [4.78, 5) is 5.13. The summed E-state index contributed by atoms with van der Waals surface area (Å²) < 4.78 is 2.54. The van der Waals surface area contributed by atoms with Gasteiger partial charge in [-0.05, 0) is 78.6 Å². The zero-order valence-corrected chi connectivity index (χ0v) is 16.0. The first-order valence-corrected chi connectivity index (χ1v) is 10.2. The van der Waals surface area contributed by atoms with Gasteiger partial charge in [-0.3, -0.25) is 9.80 Å². The van der Waals surface area contributed by atoms with E-state index < -0.39 is 0 Å². The van der Waals surface area contributed by atoms with E-state index in [0.29, 0.717) is 12.0 Å². The minimum atomic E-state index is 0.600. The SMILES string of the molecule is CC(C)=CCN1CCC(c2nnc(CN3CCCC3)n2C2CC2)CC1. The van der Waals surface area contributed by atoms with Crippen molar-refractivity contribution in [3.05, 3.63) is 23.3 Å². The van der Waals surface area contributed by atoms with Crippen molar-refractivity contribution in [2.45, 2.75) is 70.9 Å². The summed E-state index contributed by atoms with van der Waals surface area (Å²) in [5.74, 6) is 3.12. The summed E-state index contributed by atoms with van der Waals surface area (Å²) in [5.41, 5.74) is 1.42. The molecule has 0 atom stereocenters. The lowest BCUT2D eigenvalue weighted by Crippen LogP contribution is -2.34. The molecule has 2 aliphatic heterocycles. The molecular formula is C20H33N5. The molecule has 4 rings (SSSR count). The molecule has 0 radical (unpaired) electrons. The van der Waals surface area contributed by atoms with Crippen molar-refractivity contribution in [3.63, 3.8) is 0 Å². The van der Waals surface area contributed by atoms with Gasteiger partial charge in [0, 0.05) is 18.5 Å². The largest absolute Gasteiger partial charge is 0.311 e. The van der Waals surface area contributed by atoms with Gasteiger partial charge in [0.05, 0.1) is 6.54 Å². The molecule has 138 valence electrons. The maximum Gasteiger partial charge on any atom is 0.147 e. The third-order valence-corrected chi connectivity index (χ3v) is 5.98. The summed E-state index contributed by atoms with van der Waals surface area (Å²) >= 11 is 0. The highest BCUT2D eigenvalue weighted by atomic mass is 15.3. The molecule has 0 N–H and O–H groups in total. The summed E-state index contributed by atoms with van der Waals surface area (Å²) in [6.45, 7) is 11.3. The molecule has 5 heteroatoms. The first-order valence-electron chi connectivity index (χ1n) is 10.2. The van der Waals surface area contributed by atoms with Gasteiger partial charge in [-0.15, -0.1) is 10.2 Å². The molecule has 1 aromatic heterocycles. The fourth-order valence-electron chi connectivity index (χ4n) is 4.28. The van der Waals surface area contributed by atoms with Gasteiger partial charge < -0.3 is 4.57 Å². The highest BCUT2D eigenvalue weighted by Gasteiger charge is 2.34. The Labute approximate surface area is 152 Å². The van der Waals surface area contributed by atoms with Crippen molar-refractivity contribution in [3.8, 4) is 0 Å². The van der Waals surface area contributed by atoms with Gasteiger partial charge in [0.25, 0.3) is 0 Å². The Morgan fingerprint density at radius 1 is 0.960 bits per heavy atom. The van der Waals surface area contributed by atoms with Crippen LogP contribution >= 0.6 is 0 Å². The monoisotopic (exact) mass is 343 g/mol. The first kappa shape index (κ1) is 17.2. The number of likely N-dealkylation sites (tertiary alicyclic amines) is 2. The van der Waals surface area contributed by atoms with Crippen molar-refractivity contribution in [1.29, 1.82) is 0 Å². The van der Waals surface area contributed by atoms with Crippen LogP contribution in [0, 0.1) is 0 Å². The molecule has 0 aromatic carbocycles. The van der Waals surface area contributed by atoms with Gasteiger partial charge in [-0.25, -0.2) is 0 Å². The molecule has 0 amide bonds. The van der Waals surface area contributed by atoms with Gasteiger partial charge in [0.2, 0.25) is 0 Å². The predicted molar refractivity (Wildman–Crippen MR) is 101 cm³/mol. The Bertz CT molecular complexity index is 598. The van der Waals surface area contributed by atoms with Gasteiger partial charge in [-0.2, -0.15) is 0 Å². The number of hydrogen-bond donors (Lipinski definition) is 0. The number of aromatic nitrogens is 3. The fraction of sp³-hybridized carbons (Fsp3) is 0.800. The van der Waals surface area contributed by atoms with Crippen molar-refractivity contribution in [1.82, 2.24) is 24.6 Å². The lowest BCUT2D eigenvalue weighted by molar-refractivity contribution is 0.226. The maximum absolute atomic E-state index is 4.70. The Balaban J connectivity index is 1.42. The first-order chi connectivity index (χ1) is 12.2. The molecule has 1 saturated carbocycles. The lowest BCUT2D eigenvalue weighted by Gasteiger charge is -2.31. The van der Waals surface area contributed by atoms with Gasteiger partial charge in [0.15, 0.2) is 0 Å². The molecular weight excluding hydrogens is 310 g/mol. The summed E-state index contributed by atoms with van der Waals surface area (Å²) in [5, 5.41) is 9.34. The third kappa shape index (κ3) is 4.14. The van der Waals surface area contributed by atoms with Crippen LogP contribution in [0.25, 0.3) is 0 Å². The number of hydrogen-bond acceptors (Lipinski definition) is 4. The highest BCUT2D eigenvalue weighted by Crippen LogP contribution is 2.40. The zero-order valence-electron chi connectivity index (χ0n) is 16.0. The Morgan fingerprint density at radius 2 is 1.68 bits per heavy atom. The van der Waals surface area contributed by atoms with Crippen LogP contribution in [-0.4, -0.2) is 57.3 Å². The molecule has 3 fully saturated rings. The normalized spacial score (nSPS) is 23.3. The Kier molecular flexibility index (Phi) is 5.23. The number of rotatable bonds is 6. The number of allylic oxidation sites excluding steroid dienone is 1. The van der Waals surface area contributed by atoms with Crippen molar-refractivity contribution in [2.24, 2.45) is 0 Å². The van der Waals surface area contributed by atoms with E-state index >= 15 is 0 Å². The minimum absolute atomic E-state index is 0.600. The van der Waals surface area contributed by atoms with Gasteiger partial charge >= 0.3 is 0 Å². The molecule has 0 unspecified atom stereocenters. The summed E-state index contributed by atoms with van der Waals surface area (Å²) in [6, 6.07) is 0.686. The molecule has 0 spiro atoms. The quantitative estimate of drug-likeness (QED) is 0.742. The van der Waals surface area contributed by atoms with E-state index in [9.17, 15) is 0 Å². The molecule has 0 bridgehead atoms. The van der Waals surface area contributed by atoms with E-state index in [0.717, 1.165) is 13.1 Å². The molecule has 1 aromatic rings. The number of nitrogens with zero attached hydrogens (tertiary/aromatic N) is 5. The van der Waals surface area contributed by atoms with Crippen LogP contribution in [-0.2, 0) is 6.54 Å². The van der Waals surface area contributed by atoms with E-state index in [1.165, 1.54) is 81.9 Å². The molecule has 3 aliphatic rings. The minimum Gasteiger partial charge on any atom is -0.311 e. The maximum atomic E-state index is 4.70. The second kappa shape index (κ2) is 7.58. The standard InChI is InChI=1S/C20H33N5/c1-16(2)7-12-23-13-8-17(9-14-23)20-22-21-19(25(20)18-5-6-18)15-24-10-3-4-11-24/h7,17-18H,3-6,8-15H2,1-2H3. The van der Waals surface area contributed by atoms with Gasteiger partial charge in [0.1, 0.15) is 11.6 Å². The van der Waals surface area contributed by atoms with E-state index in [-0.39, 0.29) is 0 Å². The fourth-order valence-corrected chi connectivity index (χ4v) is 4.28. The molecule has 1 aliphatic carbocycles. The van der Waals surface area contributed by atoms with Crippen molar-refractivity contribution in [2.75, 3.05) is 32.7 Å². The average molecular weight is 344 g/mol. The van der Waals surface area contributed by atoms with Crippen LogP contribution in [0.3, 0.4) is 0 Å². The van der Waals surface area contributed by atoms with E-state index in [1.54, 1.807) is 0 Å². The van der Waals surface area contributed by atoms with Crippen LogP contribution in [0.15, 0.2) is 11.6 Å². The molecule has 5 nitrogen and oxygen atoms in total. The summed E-state index contributed by atoms with van der Waals surface area (Å²) in [6.07, 6.45) is 10.1. The van der Waals surface area contributed by atoms with E-state index in [2.05, 4.69) is 39.4 Å². The Morgan fingerprint density at radius 3 is 2.32 bits per heavy atom. The van der Waals surface area contributed by atoms with Crippen molar-refractivity contribution >= 4 is 0 Å².